The molecule has 0 amide bonds. The largest absolute Gasteiger partial charge is 0.402 e. The number of aliphatic imine (C=N–C) groups is 1. The summed E-state index contributed by atoms with van der Waals surface area (Å²) in [6.07, 6.45) is 1.42. The van der Waals surface area contributed by atoms with E-state index in [4.69, 9.17) is 20.9 Å². The molecule has 4 rings (SSSR count). The van der Waals surface area contributed by atoms with E-state index in [-0.39, 0.29) is 17.3 Å². The molecule has 2 heterocycles. The zero-order valence-electron chi connectivity index (χ0n) is 15.0. The number of carbonyl (C=O) groups is 1. The van der Waals surface area contributed by atoms with Crippen LogP contribution in [0.15, 0.2) is 63.7 Å². The highest BCUT2D eigenvalue weighted by atomic mass is 35.5. The Labute approximate surface area is 169 Å². The molecule has 1 aliphatic rings. The Balaban J connectivity index is 1.76. The third kappa shape index (κ3) is 3.53. The fourth-order valence-corrected chi connectivity index (χ4v) is 3.09. The van der Waals surface area contributed by atoms with Gasteiger partial charge in [0.05, 0.1) is 9.95 Å². The van der Waals surface area contributed by atoms with E-state index in [1.54, 1.807) is 37.3 Å². The van der Waals surface area contributed by atoms with Gasteiger partial charge in [0.2, 0.25) is 5.90 Å². The maximum atomic E-state index is 12.3. The predicted octanol–water partition coefficient (Wildman–Crippen LogP) is 4.56. The molecule has 0 radical (unpaired) electrons. The minimum absolute atomic E-state index is 0.00575. The van der Waals surface area contributed by atoms with Gasteiger partial charge in [0.1, 0.15) is 17.0 Å². The van der Waals surface area contributed by atoms with Crippen molar-refractivity contribution in [3.8, 4) is 11.3 Å². The smallest absolute Gasteiger partial charge is 0.363 e. The maximum absolute atomic E-state index is 12.3. The van der Waals surface area contributed by atoms with Crippen LogP contribution in [0.5, 0.6) is 0 Å². The van der Waals surface area contributed by atoms with Crippen molar-refractivity contribution in [3.05, 3.63) is 86.3 Å². The van der Waals surface area contributed by atoms with Gasteiger partial charge in [0.25, 0.3) is 5.69 Å². The second kappa shape index (κ2) is 7.33. The third-order valence-electron chi connectivity index (χ3n) is 4.21. The lowest BCUT2D eigenvalue weighted by Gasteiger charge is -2.03. The van der Waals surface area contributed by atoms with Crippen molar-refractivity contribution in [2.75, 3.05) is 0 Å². The molecule has 0 aliphatic carbocycles. The van der Waals surface area contributed by atoms with Crippen molar-refractivity contribution in [2.24, 2.45) is 4.99 Å². The van der Waals surface area contributed by atoms with Gasteiger partial charge in [-0.3, -0.25) is 10.1 Å². The highest BCUT2D eigenvalue weighted by Crippen LogP contribution is 2.33. The van der Waals surface area contributed by atoms with Crippen LogP contribution in [-0.2, 0) is 9.53 Å². The van der Waals surface area contributed by atoms with Crippen LogP contribution in [0.1, 0.15) is 16.9 Å². The molecule has 0 saturated carbocycles. The Morgan fingerprint density at radius 1 is 1.17 bits per heavy atom. The van der Waals surface area contributed by atoms with Crippen LogP contribution in [0.25, 0.3) is 17.3 Å². The molecular formula is C20H12ClN3O5. The molecule has 0 saturated heterocycles. The van der Waals surface area contributed by atoms with Crippen molar-refractivity contribution < 1.29 is 19.0 Å². The van der Waals surface area contributed by atoms with Gasteiger partial charge in [-0.15, -0.1) is 0 Å². The first-order valence-corrected chi connectivity index (χ1v) is 8.80. The number of carbonyl (C=O) groups excluding carboxylic acids is 1. The Morgan fingerprint density at radius 2 is 1.97 bits per heavy atom. The number of hydrogen-bond donors (Lipinski definition) is 0. The first-order valence-electron chi connectivity index (χ1n) is 8.42. The number of esters is 1. The van der Waals surface area contributed by atoms with Gasteiger partial charge in [0.15, 0.2) is 5.70 Å². The SMILES string of the molecule is Cc1onc(-c2ccccc2Cl)c1C1=N/C(=C\c2cccc([N+](=O)[O-])c2)C(=O)O1. The number of benzene rings is 2. The van der Waals surface area contributed by atoms with Gasteiger partial charge in [-0.05, 0) is 24.6 Å². The first kappa shape index (κ1) is 18.6. The van der Waals surface area contributed by atoms with Crippen molar-refractivity contribution >= 4 is 35.2 Å². The number of nitro benzene ring substituents is 1. The molecule has 1 aliphatic heterocycles. The number of hydrogen-bond acceptors (Lipinski definition) is 7. The van der Waals surface area contributed by atoms with E-state index in [0.717, 1.165) is 0 Å². The zero-order valence-corrected chi connectivity index (χ0v) is 15.7. The Bertz CT molecular complexity index is 1210. The van der Waals surface area contributed by atoms with Crippen LogP contribution in [0, 0.1) is 17.0 Å². The summed E-state index contributed by atoms with van der Waals surface area (Å²) in [6.45, 7) is 1.67. The fourth-order valence-electron chi connectivity index (χ4n) is 2.86. The van der Waals surface area contributed by atoms with E-state index in [9.17, 15) is 14.9 Å². The van der Waals surface area contributed by atoms with E-state index in [0.29, 0.717) is 33.2 Å². The van der Waals surface area contributed by atoms with Crippen molar-refractivity contribution in [3.63, 3.8) is 0 Å². The van der Waals surface area contributed by atoms with Gasteiger partial charge in [0, 0.05) is 17.7 Å². The second-order valence-corrected chi connectivity index (χ2v) is 6.54. The van der Waals surface area contributed by atoms with Crippen LogP contribution < -0.4 is 0 Å². The monoisotopic (exact) mass is 409 g/mol. The molecule has 0 fully saturated rings. The molecule has 144 valence electrons. The number of aryl methyl sites for hydroxylation is 1. The number of nitrogens with zero attached hydrogens (tertiary/aromatic N) is 3. The molecule has 0 bridgehead atoms. The summed E-state index contributed by atoms with van der Waals surface area (Å²) in [5.74, 6) is -0.249. The summed E-state index contributed by atoms with van der Waals surface area (Å²) in [7, 11) is 0. The van der Waals surface area contributed by atoms with E-state index in [1.165, 1.54) is 24.3 Å². The molecule has 2 aromatic carbocycles. The summed E-state index contributed by atoms with van der Waals surface area (Å²) in [5.41, 5.74) is 1.78. The zero-order chi connectivity index (χ0) is 20.5. The number of ether oxygens (including phenoxy) is 1. The minimum Gasteiger partial charge on any atom is -0.402 e. The highest BCUT2D eigenvalue weighted by molar-refractivity contribution is 6.33. The van der Waals surface area contributed by atoms with E-state index in [1.807, 2.05) is 0 Å². The molecule has 9 heteroatoms. The van der Waals surface area contributed by atoms with Crippen LogP contribution in [0.4, 0.5) is 5.69 Å². The molecule has 0 N–H and O–H groups in total. The van der Waals surface area contributed by atoms with Crippen molar-refractivity contribution in [1.82, 2.24) is 5.16 Å². The number of cyclic esters (lactones) is 1. The fraction of sp³-hybridized carbons (Fsp3) is 0.0500. The Morgan fingerprint density at radius 3 is 2.72 bits per heavy atom. The van der Waals surface area contributed by atoms with Gasteiger partial charge in [-0.1, -0.05) is 47.1 Å². The van der Waals surface area contributed by atoms with Gasteiger partial charge < -0.3 is 9.26 Å². The van der Waals surface area contributed by atoms with Crippen LogP contribution in [-0.4, -0.2) is 21.9 Å². The van der Waals surface area contributed by atoms with Crippen LogP contribution >= 0.6 is 11.6 Å². The first-order chi connectivity index (χ1) is 13.9. The number of aromatic nitrogens is 1. The lowest BCUT2D eigenvalue weighted by molar-refractivity contribution is -0.384. The van der Waals surface area contributed by atoms with E-state index < -0.39 is 10.9 Å². The molecule has 0 spiro atoms. The molecule has 8 nitrogen and oxygen atoms in total. The normalized spacial score (nSPS) is 14.8. The average Bonchev–Trinajstić information content (AvgIpc) is 3.25. The lowest BCUT2D eigenvalue weighted by atomic mass is 10.1. The summed E-state index contributed by atoms with van der Waals surface area (Å²) in [4.78, 5) is 27.0. The van der Waals surface area contributed by atoms with E-state index >= 15 is 0 Å². The van der Waals surface area contributed by atoms with Crippen LogP contribution in [0.2, 0.25) is 5.02 Å². The highest BCUT2D eigenvalue weighted by Gasteiger charge is 2.30. The summed E-state index contributed by atoms with van der Waals surface area (Å²) >= 11 is 6.26. The summed E-state index contributed by atoms with van der Waals surface area (Å²) in [6, 6.07) is 12.9. The second-order valence-electron chi connectivity index (χ2n) is 6.13. The predicted molar refractivity (Wildman–Crippen MR) is 105 cm³/mol. The molecule has 3 aromatic rings. The quantitative estimate of drug-likeness (QED) is 0.270. The summed E-state index contributed by atoms with van der Waals surface area (Å²) < 4.78 is 10.6. The average molecular weight is 410 g/mol. The molecule has 29 heavy (non-hydrogen) atoms. The Hall–Kier alpha value is -3.78. The molecular weight excluding hydrogens is 398 g/mol. The number of halogens is 1. The third-order valence-corrected chi connectivity index (χ3v) is 4.54. The number of rotatable bonds is 4. The molecule has 0 atom stereocenters. The molecule has 1 aromatic heterocycles. The van der Waals surface area contributed by atoms with Crippen molar-refractivity contribution in [1.29, 1.82) is 0 Å². The molecule has 0 unspecified atom stereocenters. The minimum atomic E-state index is -0.683. The maximum Gasteiger partial charge on any atom is 0.363 e. The van der Waals surface area contributed by atoms with Gasteiger partial charge >= 0.3 is 5.97 Å². The topological polar surface area (TPSA) is 108 Å². The van der Waals surface area contributed by atoms with Crippen LogP contribution in [0.3, 0.4) is 0 Å². The number of nitro groups is 1. The summed E-state index contributed by atoms with van der Waals surface area (Å²) in [5, 5.41) is 15.4. The van der Waals surface area contributed by atoms with E-state index in [2.05, 4.69) is 10.1 Å². The number of non-ortho nitro benzene ring substituents is 1. The standard InChI is InChI=1S/C20H12ClN3O5/c1-11-17(18(23-29-11)14-7-2-3-8-15(14)21)19-22-16(20(25)28-19)10-12-5-4-6-13(9-12)24(26)27/h2-10H,1H3/b16-10-. The van der Waals surface area contributed by atoms with Gasteiger partial charge in [-0.2, -0.15) is 0 Å². The Kier molecular flexibility index (Phi) is 4.69. The van der Waals surface area contributed by atoms with Gasteiger partial charge in [-0.25, -0.2) is 9.79 Å². The lowest BCUT2D eigenvalue weighted by Crippen LogP contribution is -2.07. The van der Waals surface area contributed by atoms with Crippen molar-refractivity contribution in [2.45, 2.75) is 6.92 Å².